The summed E-state index contributed by atoms with van der Waals surface area (Å²) in [5.74, 6) is -0.127. The van der Waals surface area contributed by atoms with Gasteiger partial charge >= 0.3 is 5.97 Å². The molecule has 1 unspecified atom stereocenters. The molecule has 1 atom stereocenters. The molecule has 2 heterocycles. The largest absolute Gasteiger partial charge is 0.480 e. The quantitative estimate of drug-likeness (QED) is 0.708. The minimum absolute atomic E-state index is 0. The molecule has 0 fully saturated rings. The molecule has 0 saturated carbocycles. The van der Waals surface area contributed by atoms with Gasteiger partial charge in [0.05, 0.1) is 0 Å². The topological polar surface area (TPSA) is 62.2 Å². The first-order chi connectivity index (χ1) is 5.77. The highest BCUT2D eigenvalue weighted by Crippen LogP contribution is 2.22. The molecule has 4 nitrogen and oxygen atoms in total. The van der Waals surface area contributed by atoms with E-state index < -0.39 is 12.0 Å². The Balaban J connectivity index is 0.000000845. The van der Waals surface area contributed by atoms with E-state index in [4.69, 9.17) is 5.11 Å². The van der Waals surface area contributed by atoms with Crippen molar-refractivity contribution in [3.63, 3.8) is 0 Å². The van der Waals surface area contributed by atoms with Gasteiger partial charge in [0.15, 0.2) is 0 Å². The van der Waals surface area contributed by atoms with E-state index in [0.29, 0.717) is 12.2 Å². The Kier molecular flexibility index (Phi) is 2.72. The molecule has 0 amide bonds. The van der Waals surface area contributed by atoms with E-state index in [0.717, 1.165) is 5.56 Å². The molecule has 2 rings (SSSR count). The minimum Gasteiger partial charge on any atom is -0.480 e. The molecule has 5 heteroatoms. The first kappa shape index (κ1) is 9.80. The molecular weight excluding hydrogens is 192 g/mol. The normalized spacial score (nSPS) is 18.3. The molecule has 1 aromatic rings. The Morgan fingerprint density at radius 2 is 2.46 bits per heavy atom. The summed E-state index contributed by atoms with van der Waals surface area (Å²) in [5.41, 5.74) is 0.977. The lowest BCUT2D eigenvalue weighted by molar-refractivity contribution is -0.137. The summed E-state index contributed by atoms with van der Waals surface area (Å²) in [5, 5.41) is 11.5. The number of fused-ring (bicyclic) bond motifs is 1. The maximum Gasteiger partial charge on any atom is 0.326 e. The van der Waals surface area contributed by atoms with Crippen molar-refractivity contribution in [3.05, 3.63) is 23.9 Å². The van der Waals surface area contributed by atoms with Gasteiger partial charge in [-0.1, -0.05) is 6.07 Å². The standard InChI is InChI=1S/C8H8N2O2.ClH/c11-8(12)6-4-5-2-1-3-9-7(5)10-6;/h1-3,6H,4H2,(H,9,10)(H,11,12);1H. The summed E-state index contributed by atoms with van der Waals surface area (Å²) in [6, 6.07) is 3.19. The van der Waals surface area contributed by atoms with Crippen molar-refractivity contribution in [2.24, 2.45) is 0 Å². The molecule has 0 spiro atoms. The van der Waals surface area contributed by atoms with Crippen LogP contribution in [-0.2, 0) is 11.2 Å². The maximum atomic E-state index is 10.6. The van der Waals surface area contributed by atoms with Crippen molar-refractivity contribution in [1.29, 1.82) is 0 Å². The Morgan fingerprint density at radius 3 is 3.08 bits per heavy atom. The molecule has 70 valence electrons. The van der Waals surface area contributed by atoms with Gasteiger partial charge in [-0.05, 0) is 11.6 Å². The fourth-order valence-corrected chi connectivity index (χ4v) is 1.32. The highest BCUT2D eigenvalue weighted by molar-refractivity contribution is 5.85. The lowest BCUT2D eigenvalue weighted by Gasteiger charge is -2.02. The summed E-state index contributed by atoms with van der Waals surface area (Å²) in [6.45, 7) is 0. The second-order valence-electron chi connectivity index (χ2n) is 2.75. The molecule has 2 N–H and O–H groups in total. The number of aliphatic carboxylic acids is 1. The van der Waals surface area contributed by atoms with Gasteiger partial charge in [-0.3, -0.25) is 0 Å². The molecule has 0 aromatic carbocycles. The van der Waals surface area contributed by atoms with Crippen LogP contribution in [-0.4, -0.2) is 22.1 Å². The molecular formula is C8H9ClN2O2. The summed E-state index contributed by atoms with van der Waals surface area (Å²) in [4.78, 5) is 14.6. The van der Waals surface area contributed by atoms with Crippen LogP contribution in [0.4, 0.5) is 5.82 Å². The van der Waals surface area contributed by atoms with E-state index in [1.807, 2.05) is 12.1 Å². The Morgan fingerprint density at radius 1 is 1.69 bits per heavy atom. The lowest BCUT2D eigenvalue weighted by Crippen LogP contribution is -2.26. The molecule has 0 bridgehead atoms. The summed E-state index contributed by atoms with van der Waals surface area (Å²) >= 11 is 0. The van der Waals surface area contributed by atoms with Crippen molar-refractivity contribution in [2.45, 2.75) is 12.5 Å². The molecule has 1 aromatic heterocycles. The Bertz CT molecular complexity index is 305. The number of rotatable bonds is 1. The van der Waals surface area contributed by atoms with Crippen molar-refractivity contribution < 1.29 is 9.90 Å². The van der Waals surface area contributed by atoms with E-state index in [-0.39, 0.29) is 12.4 Å². The fraction of sp³-hybridized carbons (Fsp3) is 0.250. The van der Waals surface area contributed by atoms with Gasteiger partial charge in [-0.2, -0.15) is 0 Å². The highest BCUT2D eigenvalue weighted by atomic mass is 35.5. The zero-order chi connectivity index (χ0) is 8.55. The monoisotopic (exact) mass is 200 g/mol. The van der Waals surface area contributed by atoms with Gasteiger partial charge in [0.25, 0.3) is 0 Å². The molecule has 13 heavy (non-hydrogen) atoms. The molecule has 1 aliphatic rings. The Hall–Kier alpha value is -1.29. The SMILES string of the molecule is Cl.O=C(O)C1Cc2cccnc2N1. The van der Waals surface area contributed by atoms with Gasteiger partial charge in [0.1, 0.15) is 11.9 Å². The maximum absolute atomic E-state index is 10.6. The van der Waals surface area contributed by atoms with Gasteiger partial charge in [0, 0.05) is 12.6 Å². The number of hydrogen-bond acceptors (Lipinski definition) is 3. The van der Waals surface area contributed by atoms with Crippen LogP contribution in [0.3, 0.4) is 0 Å². The van der Waals surface area contributed by atoms with Crippen LogP contribution >= 0.6 is 12.4 Å². The first-order valence-corrected chi connectivity index (χ1v) is 3.70. The molecule has 0 aliphatic carbocycles. The predicted octanol–water partition coefficient (Wildman–Crippen LogP) is 0.925. The van der Waals surface area contributed by atoms with E-state index >= 15 is 0 Å². The molecule has 1 aliphatic heterocycles. The third-order valence-electron chi connectivity index (χ3n) is 1.92. The van der Waals surface area contributed by atoms with Crippen molar-refractivity contribution in [3.8, 4) is 0 Å². The van der Waals surface area contributed by atoms with Crippen molar-refractivity contribution in [2.75, 3.05) is 5.32 Å². The van der Waals surface area contributed by atoms with E-state index in [1.54, 1.807) is 6.20 Å². The number of nitrogens with one attached hydrogen (secondary N) is 1. The van der Waals surface area contributed by atoms with Crippen LogP contribution in [0.15, 0.2) is 18.3 Å². The van der Waals surface area contributed by atoms with E-state index in [1.165, 1.54) is 0 Å². The van der Waals surface area contributed by atoms with Crippen LogP contribution in [0.2, 0.25) is 0 Å². The molecule has 0 radical (unpaired) electrons. The average Bonchev–Trinajstić information content (AvgIpc) is 2.46. The number of aromatic nitrogens is 1. The number of halogens is 1. The number of carbonyl (C=O) groups is 1. The van der Waals surface area contributed by atoms with Crippen LogP contribution in [0.1, 0.15) is 5.56 Å². The van der Waals surface area contributed by atoms with E-state index in [9.17, 15) is 4.79 Å². The smallest absolute Gasteiger partial charge is 0.326 e. The fourth-order valence-electron chi connectivity index (χ4n) is 1.32. The number of hydrogen-bond donors (Lipinski definition) is 2. The summed E-state index contributed by atoms with van der Waals surface area (Å²) in [7, 11) is 0. The third kappa shape index (κ3) is 1.72. The Labute approximate surface area is 81.4 Å². The second-order valence-corrected chi connectivity index (χ2v) is 2.75. The van der Waals surface area contributed by atoms with E-state index in [2.05, 4.69) is 10.3 Å². The summed E-state index contributed by atoms with van der Waals surface area (Å²) < 4.78 is 0. The third-order valence-corrected chi connectivity index (χ3v) is 1.92. The minimum atomic E-state index is -0.826. The summed E-state index contributed by atoms with van der Waals surface area (Å²) in [6.07, 6.45) is 2.18. The van der Waals surface area contributed by atoms with Crippen molar-refractivity contribution in [1.82, 2.24) is 4.98 Å². The number of nitrogens with zero attached hydrogens (tertiary/aromatic N) is 1. The molecule has 0 saturated heterocycles. The number of carboxylic acids is 1. The van der Waals surface area contributed by atoms with Gasteiger partial charge in [0.2, 0.25) is 0 Å². The average molecular weight is 201 g/mol. The lowest BCUT2D eigenvalue weighted by atomic mass is 10.1. The van der Waals surface area contributed by atoms with Crippen molar-refractivity contribution >= 4 is 24.2 Å². The van der Waals surface area contributed by atoms with Gasteiger partial charge < -0.3 is 10.4 Å². The van der Waals surface area contributed by atoms with Crippen LogP contribution < -0.4 is 5.32 Å². The predicted molar refractivity (Wildman–Crippen MR) is 50.2 cm³/mol. The first-order valence-electron chi connectivity index (χ1n) is 3.70. The van der Waals surface area contributed by atoms with Crippen LogP contribution in [0.25, 0.3) is 0 Å². The van der Waals surface area contributed by atoms with Crippen LogP contribution in [0.5, 0.6) is 0 Å². The number of carboxylic acid groups (broad SMARTS) is 1. The highest BCUT2D eigenvalue weighted by Gasteiger charge is 2.26. The number of anilines is 1. The number of pyridine rings is 1. The zero-order valence-electron chi connectivity index (χ0n) is 6.73. The van der Waals surface area contributed by atoms with Gasteiger partial charge in [-0.15, -0.1) is 12.4 Å². The van der Waals surface area contributed by atoms with Gasteiger partial charge in [-0.25, -0.2) is 9.78 Å². The second kappa shape index (κ2) is 3.62. The zero-order valence-corrected chi connectivity index (χ0v) is 7.54. The van der Waals surface area contributed by atoms with Crippen LogP contribution in [0, 0.1) is 0 Å².